The van der Waals surface area contributed by atoms with E-state index in [2.05, 4.69) is 16.0 Å². The minimum absolute atomic E-state index is 0.0806. The summed E-state index contributed by atoms with van der Waals surface area (Å²) in [5, 5.41) is 7.77. The number of halogens is 2. The summed E-state index contributed by atoms with van der Waals surface area (Å²) in [6, 6.07) is 7.34. The highest BCUT2D eigenvalue weighted by atomic mass is 19.1. The number of hydrogen-bond acceptors (Lipinski definition) is 5. The first-order valence-electron chi connectivity index (χ1n) is 10.8. The molecule has 1 aliphatic rings. The molecule has 2 aromatic carbocycles. The quantitative estimate of drug-likeness (QED) is 0.544. The predicted molar refractivity (Wildman–Crippen MR) is 122 cm³/mol. The van der Waals surface area contributed by atoms with Crippen LogP contribution in [0.2, 0.25) is 0 Å². The molecule has 0 spiro atoms. The number of methoxy groups -OCH3 is 1. The topological polar surface area (TPSA) is 99.8 Å². The van der Waals surface area contributed by atoms with Crippen molar-refractivity contribution in [3.8, 4) is 0 Å². The number of fused-ring (bicyclic) bond motifs is 1. The van der Waals surface area contributed by atoms with Gasteiger partial charge in [-0.1, -0.05) is 30.3 Å². The Morgan fingerprint density at radius 2 is 1.71 bits per heavy atom. The zero-order chi connectivity index (χ0) is 25.0. The number of carbonyl (C=O) groups excluding carboxylic acids is 3. The van der Waals surface area contributed by atoms with E-state index in [0.717, 1.165) is 12.1 Å². The van der Waals surface area contributed by atoms with Gasteiger partial charge < -0.3 is 25.6 Å². The van der Waals surface area contributed by atoms with Crippen LogP contribution in [0.1, 0.15) is 31.0 Å². The van der Waals surface area contributed by atoms with Crippen molar-refractivity contribution < 1.29 is 27.9 Å². The molecule has 3 amide bonds. The molecule has 0 radical (unpaired) electrons. The van der Waals surface area contributed by atoms with Gasteiger partial charge in [-0.05, 0) is 44.2 Å². The summed E-state index contributed by atoms with van der Waals surface area (Å²) in [6.07, 6.45) is -0.711. The Bertz CT molecular complexity index is 1060. The third-order valence-electron chi connectivity index (χ3n) is 5.98. The van der Waals surface area contributed by atoms with Crippen molar-refractivity contribution in [3.63, 3.8) is 0 Å². The molecule has 2 aromatic rings. The predicted octanol–water partition coefficient (Wildman–Crippen LogP) is 2.11. The Hall–Kier alpha value is -3.37. The third-order valence-corrected chi connectivity index (χ3v) is 5.98. The van der Waals surface area contributed by atoms with Crippen LogP contribution in [0.25, 0.3) is 0 Å². The van der Waals surface area contributed by atoms with E-state index < -0.39 is 59.3 Å². The average Bonchev–Trinajstić information content (AvgIpc) is 3.23. The van der Waals surface area contributed by atoms with Gasteiger partial charge in [0.15, 0.2) is 0 Å². The second kappa shape index (κ2) is 10.7. The normalized spacial score (nSPS) is 17.5. The van der Waals surface area contributed by atoms with E-state index in [0.29, 0.717) is 11.1 Å². The van der Waals surface area contributed by atoms with Crippen LogP contribution in [0, 0.1) is 11.6 Å². The lowest BCUT2D eigenvalue weighted by Gasteiger charge is -2.31. The fourth-order valence-electron chi connectivity index (χ4n) is 3.79. The number of rotatable bonds is 8. The molecule has 34 heavy (non-hydrogen) atoms. The first-order valence-corrected chi connectivity index (χ1v) is 10.8. The standard InChI is InChI=1S/C24H28F2N4O4/c1-13(27-3)22(31)28-19(14(2)34-4)24(33)30-12-15-8-5-6-9-16(15)21(30)23(32)29-20-17(25)10-7-11-18(20)26/h5-11,13-14,19,21,27H,12H2,1-4H3,(H,28,31)(H,29,32)/t13-,14+,19-,21-/m0/s1. The van der Waals surface area contributed by atoms with Crippen molar-refractivity contribution in [2.75, 3.05) is 19.5 Å². The first-order chi connectivity index (χ1) is 16.2. The smallest absolute Gasteiger partial charge is 0.252 e. The molecule has 4 atom stereocenters. The van der Waals surface area contributed by atoms with E-state index in [4.69, 9.17) is 4.74 Å². The Kier molecular flexibility index (Phi) is 7.95. The molecular weight excluding hydrogens is 446 g/mol. The molecule has 0 saturated carbocycles. The Labute approximate surface area is 196 Å². The molecule has 0 fully saturated rings. The van der Waals surface area contributed by atoms with Gasteiger partial charge in [0.2, 0.25) is 11.8 Å². The molecule has 0 aromatic heterocycles. The highest BCUT2D eigenvalue weighted by Crippen LogP contribution is 2.35. The fourth-order valence-corrected chi connectivity index (χ4v) is 3.79. The number of anilines is 1. The number of amides is 3. The fraction of sp³-hybridized carbons (Fsp3) is 0.375. The van der Waals surface area contributed by atoms with Crippen LogP contribution >= 0.6 is 0 Å². The van der Waals surface area contributed by atoms with Gasteiger partial charge in [-0.2, -0.15) is 0 Å². The van der Waals surface area contributed by atoms with E-state index in [1.807, 2.05) is 0 Å². The van der Waals surface area contributed by atoms with Crippen LogP contribution in [0.3, 0.4) is 0 Å². The SMILES string of the molecule is CN[C@@H](C)C(=O)N[C@H](C(=O)N1Cc2ccccc2[C@H]1C(=O)Nc1c(F)cccc1F)[C@@H](C)OC. The van der Waals surface area contributed by atoms with E-state index in [1.54, 1.807) is 45.2 Å². The first kappa shape index (κ1) is 25.3. The molecule has 0 saturated heterocycles. The molecule has 0 unspecified atom stereocenters. The van der Waals surface area contributed by atoms with Gasteiger partial charge in [0, 0.05) is 13.7 Å². The van der Waals surface area contributed by atoms with Crippen molar-refractivity contribution in [2.45, 2.75) is 44.6 Å². The molecule has 0 bridgehead atoms. The second-order valence-corrected chi connectivity index (χ2v) is 8.09. The summed E-state index contributed by atoms with van der Waals surface area (Å²) in [5.74, 6) is -3.62. The summed E-state index contributed by atoms with van der Waals surface area (Å²) in [7, 11) is 3.02. The van der Waals surface area contributed by atoms with E-state index in [1.165, 1.54) is 18.1 Å². The number of para-hydroxylation sites is 1. The molecular formula is C24H28F2N4O4. The van der Waals surface area contributed by atoms with Crippen LogP contribution in [0.4, 0.5) is 14.5 Å². The molecule has 0 aliphatic carbocycles. The Morgan fingerprint density at radius 3 is 2.32 bits per heavy atom. The summed E-state index contributed by atoms with van der Waals surface area (Å²) >= 11 is 0. The van der Waals surface area contributed by atoms with E-state index >= 15 is 0 Å². The molecule has 1 heterocycles. The summed E-state index contributed by atoms with van der Waals surface area (Å²) < 4.78 is 33.7. The van der Waals surface area contributed by atoms with Gasteiger partial charge in [-0.15, -0.1) is 0 Å². The van der Waals surface area contributed by atoms with E-state index in [9.17, 15) is 23.2 Å². The average molecular weight is 475 g/mol. The Balaban J connectivity index is 1.95. The maximum absolute atomic E-state index is 14.2. The minimum atomic E-state index is -1.16. The van der Waals surface area contributed by atoms with Crippen LogP contribution in [-0.2, 0) is 25.7 Å². The van der Waals surface area contributed by atoms with Crippen molar-refractivity contribution >= 4 is 23.4 Å². The van der Waals surface area contributed by atoms with Gasteiger partial charge in [-0.3, -0.25) is 14.4 Å². The maximum atomic E-state index is 14.2. The second-order valence-electron chi connectivity index (χ2n) is 8.09. The number of nitrogens with zero attached hydrogens (tertiary/aromatic N) is 1. The monoisotopic (exact) mass is 474 g/mol. The van der Waals surface area contributed by atoms with Crippen molar-refractivity contribution in [1.82, 2.24) is 15.5 Å². The van der Waals surface area contributed by atoms with Gasteiger partial charge in [0.05, 0.1) is 12.1 Å². The summed E-state index contributed by atoms with van der Waals surface area (Å²) in [6.45, 7) is 3.34. The van der Waals surface area contributed by atoms with Crippen molar-refractivity contribution in [2.24, 2.45) is 0 Å². The minimum Gasteiger partial charge on any atom is -0.379 e. The number of benzene rings is 2. The number of nitrogens with one attached hydrogen (secondary N) is 3. The maximum Gasteiger partial charge on any atom is 0.252 e. The lowest BCUT2D eigenvalue weighted by Crippen LogP contribution is -2.57. The van der Waals surface area contributed by atoms with Gasteiger partial charge in [0.1, 0.15) is 29.4 Å². The Morgan fingerprint density at radius 1 is 1.06 bits per heavy atom. The lowest BCUT2D eigenvalue weighted by atomic mass is 10.0. The van der Waals surface area contributed by atoms with Crippen molar-refractivity contribution in [1.29, 1.82) is 0 Å². The zero-order valence-corrected chi connectivity index (χ0v) is 19.4. The molecule has 3 rings (SSSR count). The zero-order valence-electron chi connectivity index (χ0n) is 19.4. The molecule has 10 heteroatoms. The number of likely N-dealkylation sites (N-methyl/N-ethyl adjacent to an activating group) is 1. The third kappa shape index (κ3) is 5.07. The highest BCUT2D eigenvalue weighted by Gasteiger charge is 2.43. The van der Waals surface area contributed by atoms with Gasteiger partial charge in [0.25, 0.3) is 5.91 Å². The molecule has 182 valence electrons. The largest absolute Gasteiger partial charge is 0.379 e. The summed E-state index contributed by atoms with van der Waals surface area (Å²) in [5.41, 5.74) is 0.648. The van der Waals surface area contributed by atoms with Crippen molar-refractivity contribution in [3.05, 3.63) is 65.2 Å². The van der Waals surface area contributed by atoms with Crippen LogP contribution in [0.5, 0.6) is 0 Å². The summed E-state index contributed by atoms with van der Waals surface area (Å²) in [4.78, 5) is 40.7. The molecule has 3 N–H and O–H groups in total. The molecule has 8 nitrogen and oxygen atoms in total. The highest BCUT2D eigenvalue weighted by molar-refractivity contribution is 6.00. The number of hydrogen-bond donors (Lipinski definition) is 3. The van der Waals surface area contributed by atoms with E-state index in [-0.39, 0.29) is 6.54 Å². The van der Waals surface area contributed by atoms with Gasteiger partial charge >= 0.3 is 0 Å². The number of ether oxygens (including phenoxy) is 1. The van der Waals surface area contributed by atoms with Gasteiger partial charge in [-0.25, -0.2) is 8.78 Å². The van der Waals surface area contributed by atoms with Crippen LogP contribution in [0.15, 0.2) is 42.5 Å². The van der Waals surface area contributed by atoms with Crippen LogP contribution in [-0.4, -0.2) is 55.0 Å². The van der Waals surface area contributed by atoms with Crippen LogP contribution < -0.4 is 16.0 Å². The molecule has 1 aliphatic heterocycles. The lowest BCUT2D eigenvalue weighted by molar-refractivity contribution is -0.145. The number of carbonyl (C=O) groups is 3.